The summed E-state index contributed by atoms with van der Waals surface area (Å²) in [5.41, 5.74) is 0.494. The lowest BCUT2D eigenvalue weighted by molar-refractivity contribution is -0.141. The number of methoxy groups -OCH3 is 1. The summed E-state index contributed by atoms with van der Waals surface area (Å²) in [6, 6.07) is 4.41. The van der Waals surface area contributed by atoms with Gasteiger partial charge in [-0.2, -0.15) is 4.98 Å². The second kappa shape index (κ2) is 6.32. The molecule has 0 radical (unpaired) electrons. The molecule has 0 aliphatic rings. The zero-order chi connectivity index (χ0) is 16.3. The molecule has 0 bridgehead atoms. The van der Waals surface area contributed by atoms with Crippen molar-refractivity contribution in [1.29, 1.82) is 0 Å². The van der Waals surface area contributed by atoms with Crippen molar-refractivity contribution < 1.29 is 17.9 Å². The summed E-state index contributed by atoms with van der Waals surface area (Å²) in [7, 11) is -2.60. The fourth-order valence-corrected chi connectivity index (χ4v) is 3.10. The molecule has 0 saturated carbocycles. The van der Waals surface area contributed by atoms with Gasteiger partial charge < -0.3 is 4.74 Å². The number of ether oxygens (including phenoxy) is 1. The average Bonchev–Trinajstić information content (AvgIpc) is 2.84. The summed E-state index contributed by atoms with van der Waals surface area (Å²) in [6.45, 7) is 1.47. The number of anilines is 1. The van der Waals surface area contributed by atoms with E-state index < -0.39 is 16.0 Å². The van der Waals surface area contributed by atoms with Crippen molar-refractivity contribution in [3.8, 4) is 0 Å². The Bertz CT molecular complexity index is 803. The zero-order valence-corrected chi connectivity index (χ0v) is 13.3. The van der Waals surface area contributed by atoms with E-state index in [1.165, 1.54) is 30.3 Å². The van der Waals surface area contributed by atoms with E-state index in [1.807, 2.05) is 0 Å². The number of halogens is 1. The third-order valence-electron chi connectivity index (χ3n) is 2.71. The Labute approximate surface area is 132 Å². The smallest absolute Gasteiger partial charge is 0.327 e. The highest BCUT2D eigenvalue weighted by Crippen LogP contribution is 2.21. The minimum absolute atomic E-state index is 0.0706. The van der Waals surface area contributed by atoms with Crippen LogP contribution in [0.3, 0.4) is 0 Å². The first-order valence-electron chi connectivity index (χ1n) is 6.07. The number of hydrogen-bond donors (Lipinski definition) is 1. The minimum atomic E-state index is -3.84. The fraction of sp³-hybridized carbons (Fsp3) is 0.250. The molecule has 1 aromatic heterocycles. The van der Waals surface area contributed by atoms with Gasteiger partial charge in [0.2, 0.25) is 0 Å². The normalized spacial score (nSPS) is 11.2. The van der Waals surface area contributed by atoms with Crippen LogP contribution in [-0.2, 0) is 26.1 Å². The monoisotopic (exact) mass is 344 g/mol. The second-order valence-electron chi connectivity index (χ2n) is 4.36. The van der Waals surface area contributed by atoms with E-state index in [9.17, 15) is 13.2 Å². The highest BCUT2D eigenvalue weighted by molar-refractivity contribution is 7.92. The number of nitrogens with one attached hydrogen (secondary N) is 1. The number of hydrogen-bond acceptors (Lipinski definition) is 6. The lowest BCUT2D eigenvalue weighted by Crippen LogP contribution is -2.16. The van der Waals surface area contributed by atoms with Crippen LogP contribution in [0.4, 0.5) is 5.95 Å². The molecule has 0 atom stereocenters. The molecule has 8 nitrogen and oxygen atoms in total. The molecule has 0 unspecified atom stereocenters. The molecule has 1 heterocycles. The largest absolute Gasteiger partial charge is 0.468 e. The lowest BCUT2D eigenvalue weighted by atomic mass is 10.2. The number of esters is 1. The van der Waals surface area contributed by atoms with Gasteiger partial charge in [0, 0.05) is 5.02 Å². The first kappa shape index (κ1) is 16.2. The third kappa shape index (κ3) is 3.74. The van der Waals surface area contributed by atoms with Crippen LogP contribution in [0.25, 0.3) is 0 Å². The van der Waals surface area contributed by atoms with E-state index in [-0.39, 0.29) is 17.4 Å². The molecule has 0 aliphatic heterocycles. The molecule has 0 amide bonds. The lowest BCUT2D eigenvalue weighted by Gasteiger charge is -2.07. The maximum Gasteiger partial charge on any atom is 0.327 e. The van der Waals surface area contributed by atoms with E-state index in [0.717, 1.165) is 0 Å². The Morgan fingerprint density at radius 1 is 1.45 bits per heavy atom. The number of carbonyl (C=O) groups excluding carboxylic acids is 1. The van der Waals surface area contributed by atoms with Gasteiger partial charge in [0.25, 0.3) is 16.0 Å². The molecule has 10 heteroatoms. The van der Waals surface area contributed by atoms with Crippen LogP contribution >= 0.6 is 11.6 Å². The molecule has 1 N–H and O–H groups in total. The Kier molecular flexibility index (Phi) is 4.67. The Morgan fingerprint density at radius 3 is 2.82 bits per heavy atom. The summed E-state index contributed by atoms with van der Waals surface area (Å²) in [4.78, 5) is 15.0. The maximum absolute atomic E-state index is 12.3. The van der Waals surface area contributed by atoms with Gasteiger partial charge in [0.1, 0.15) is 12.9 Å². The summed E-state index contributed by atoms with van der Waals surface area (Å²) >= 11 is 5.81. The molecule has 118 valence electrons. The number of carbonyl (C=O) groups is 1. The van der Waals surface area contributed by atoms with Crippen molar-refractivity contribution >= 4 is 33.5 Å². The second-order valence-corrected chi connectivity index (χ2v) is 6.44. The summed E-state index contributed by atoms with van der Waals surface area (Å²) in [5.74, 6) is -0.661. The van der Waals surface area contributed by atoms with Crippen LogP contribution in [0, 0.1) is 6.92 Å². The van der Waals surface area contributed by atoms with Crippen LogP contribution in [-0.4, -0.2) is 36.3 Å². The molecule has 0 saturated heterocycles. The topological polar surface area (TPSA) is 103 Å². The third-order valence-corrected chi connectivity index (χ3v) is 4.43. The SMILES string of the molecule is COC(=O)Cn1cnc(NS(=O)(=O)c2ccc(Cl)cc2C)n1. The first-order chi connectivity index (χ1) is 10.3. The summed E-state index contributed by atoms with van der Waals surface area (Å²) < 4.78 is 32.5. The predicted molar refractivity (Wildman–Crippen MR) is 79.0 cm³/mol. The quantitative estimate of drug-likeness (QED) is 0.818. The number of rotatable bonds is 5. The van der Waals surface area contributed by atoms with Crippen LogP contribution in [0.2, 0.25) is 5.02 Å². The van der Waals surface area contributed by atoms with Gasteiger partial charge in [-0.1, -0.05) is 11.6 Å². The molecule has 0 fully saturated rings. The summed E-state index contributed by atoms with van der Waals surface area (Å²) in [5, 5.41) is 4.29. The molecule has 1 aromatic carbocycles. The maximum atomic E-state index is 12.3. The van der Waals surface area contributed by atoms with Crippen molar-refractivity contribution in [3.05, 3.63) is 35.1 Å². The number of aryl methyl sites for hydroxylation is 1. The van der Waals surface area contributed by atoms with Gasteiger partial charge in [-0.15, -0.1) is 5.10 Å². The Balaban J connectivity index is 2.20. The molecular formula is C12H13ClN4O4S. The van der Waals surface area contributed by atoms with Crippen molar-refractivity contribution in [2.75, 3.05) is 11.8 Å². The van der Waals surface area contributed by atoms with Gasteiger partial charge in [-0.05, 0) is 30.7 Å². The Morgan fingerprint density at radius 2 is 2.18 bits per heavy atom. The van der Waals surface area contributed by atoms with E-state index in [1.54, 1.807) is 13.0 Å². The minimum Gasteiger partial charge on any atom is -0.468 e. The Hall–Kier alpha value is -2.13. The van der Waals surface area contributed by atoms with Gasteiger partial charge in [0.05, 0.1) is 12.0 Å². The number of nitrogens with zero attached hydrogens (tertiary/aromatic N) is 3. The predicted octanol–water partition coefficient (Wildman–Crippen LogP) is 1.21. The first-order valence-corrected chi connectivity index (χ1v) is 7.93. The van der Waals surface area contributed by atoms with Crippen LogP contribution in [0.15, 0.2) is 29.4 Å². The van der Waals surface area contributed by atoms with Crippen molar-refractivity contribution in [2.24, 2.45) is 0 Å². The highest BCUT2D eigenvalue weighted by atomic mass is 35.5. The van der Waals surface area contributed by atoms with E-state index in [4.69, 9.17) is 11.6 Å². The van der Waals surface area contributed by atoms with Crippen molar-refractivity contribution in [1.82, 2.24) is 14.8 Å². The molecule has 0 aliphatic carbocycles. The average molecular weight is 345 g/mol. The van der Waals surface area contributed by atoms with Gasteiger partial charge in [-0.3, -0.25) is 4.79 Å². The van der Waals surface area contributed by atoms with Crippen LogP contribution < -0.4 is 4.72 Å². The van der Waals surface area contributed by atoms with Crippen LogP contribution in [0.5, 0.6) is 0 Å². The van der Waals surface area contributed by atoms with E-state index >= 15 is 0 Å². The van der Waals surface area contributed by atoms with E-state index in [2.05, 4.69) is 19.5 Å². The standard InChI is InChI=1S/C12H13ClN4O4S/c1-8-5-9(13)3-4-10(8)22(19,20)16-12-14-7-17(15-12)6-11(18)21-2/h3-5,7H,6H2,1-2H3,(H,15,16). The number of benzene rings is 1. The van der Waals surface area contributed by atoms with Crippen molar-refractivity contribution in [2.45, 2.75) is 18.4 Å². The van der Waals surface area contributed by atoms with Gasteiger partial charge in [0.15, 0.2) is 0 Å². The van der Waals surface area contributed by atoms with Gasteiger partial charge >= 0.3 is 5.97 Å². The summed E-state index contributed by atoms with van der Waals surface area (Å²) in [6.07, 6.45) is 1.23. The molecule has 2 rings (SSSR count). The number of sulfonamides is 1. The molecule has 0 spiro atoms. The fourth-order valence-electron chi connectivity index (χ4n) is 1.70. The van der Waals surface area contributed by atoms with Crippen LogP contribution in [0.1, 0.15) is 5.56 Å². The van der Waals surface area contributed by atoms with Crippen molar-refractivity contribution in [3.63, 3.8) is 0 Å². The molecular weight excluding hydrogens is 332 g/mol. The van der Waals surface area contributed by atoms with E-state index in [0.29, 0.717) is 10.6 Å². The zero-order valence-electron chi connectivity index (χ0n) is 11.8. The highest BCUT2D eigenvalue weighted by Gasteiger charge is 2.19. The molecule has 2 aromatic rings. The number of aromatic nitrogens is 3. The van der Waals surface area contributed by atoms with Gasteiger partial charge in [-0.25, -0.2) is 17.8 Å². The molecule has 22 heavy (non-hydrogen) atoms.